The molecule has 0 saturated carbocycles. The summed E-state index contributed by atoms with van der Waals surface area (Å²) in [6, 6.07) is 5.52. The van der Waals surface area contributed by atoms with Gasteiger partial charge in [-0.2, -0.15) is 0 Å². The number of rotatable bonds is 4. The Morgan fingerprint density at radius 3 is 2.13 bits per heavy atom. The van der Waals surface area contributed by atoms with Crippen LogP contribution in [0.15, 0.2) is 18.2 Å². The van der Waals surface area contributed by atoms with Gasteiger partial charge in [-0.05, 0) is 39.8 Å². The Hall–Kier alpha value is -0.890. The van der Waals surface area contributed by atoms with Crippen molar-refractivity contribution in [1.29, 1.82) is 0 Å². The lowest BCUT2D eigenvalue weighted by atomic mass is 10.3. The van der Waals surface area contributed by atoms with Crippen molar-refractivity contribution in [3.8, 4) is 11.5 Å². The zero-order valence-corrected chi connectivity index (χ0v) is 10.3. The minimum atomic E-state index is 0.0828. The van der Waals surface area contributed by atoms with Gasteiger partial charge in [-0.15, -0.1) is 0 Å². The van der Waals surface area contributed by atoms with Gasteiger partial charge >= 0.3 is 0 Å². The molecule has 0 saturated heterocycles. The summed E-state index contributed by atoms with van der Waals surface area (Å²) in [6.07, 6.45) is 0.192. The van der Waals surface area contributed by atoms with Crippen molar-refractivity contribution in [1.82, 2.24) is 0 Å². The van der Waals surface area contributed by atoms with Gasteiger partial charge in [-0.25, -0.2) is 0 Å². The summed E-state index contributed by atoms with van der Waals surface area (Å²) in [5.41, 5.74) is 0. The van der Waals surface area contributed by atoms with E-state index in [0.717, 1.165) is 0 Å². The van der Waals surface area contributed by atoms with Gasteiger partial charge in [0.25, 0.3) is 0 Å². The van der Waals surface area contributed by atoms with Gasteiger partial charge in [0.2, 0.25) is 0 Å². The van der Waals surface area contributed by atoms with E-state index >= 15 is 0 Å². The summed E-state index contributed by atoms with van der Waals surface area (Å²) in [5, 5.41) is 0.585. The van der Waals surface area contributed by atoms with E-state index in [1.54, 1.807) is 6.07 Å². The van der Waals surface area contributed by atoms with Gasteiger partial charge in [0.05, 0.1) is 17.2 Å². The number of para-hydroxylation sites is 1. The molecular formula is C12H17ClO2. The van der Waals surface area contributed by atoms with Crippen molar-refractivity contribution >= 4 is 11.6 Å². The van der Waals surface area contributed by atoms with Crippen molar-refractivity contribution in [3.63, 3.8) is 0 Å². The smallest absolute Gasteiger partial charge is 0.180 e. The first kappa shape index (κ1) is 12.2. The van der Waals surface area contributed by atoms with Crippen LogP contribution in [0.25, 0.3) is 0 Å². The molecule has 0 aliphatic carbocycles. The highest BCUT2D eigenvalue weighted by Crippen LogP contribution is 2.36. The Labute approximate surface area is 96.2 Å². The van der Waals surface area contributed by atoms with Gasteiger partial charge < -0.3 is 9.47 Å². The highest BCUT2D eigenvalue weighted by atomic mass is 35.5. The van der Waals surface area contributed by atoms with Crippen LogP contribution in [0.3, 0.4) is 0 Å². The molecule has 0 aliphatic rings. The van der Waals surface area contributed by atoms with Crippen molar-refractivity contribution < 1.29 is 9.47 Å². The first-order valence-corrected chi connectivity index (χ1v) is 5.50. The molecule has 0 bridgehead atoms. The van der Waals surface area contributed by atoms with Crippen molar-refractivity contribution in [2.75, 3.05) is 0 Å². The number of halogens is 1. The highest BCUT2D eigenvalue weighted by molar-refractivity contribution is 6.32. The minimum absolute atomic E-state index is 0.0828. The van der Waals surface area contributed by atoms with Crippen molar-refractivity contribution in [2.45, 2.75) is 39.9 Å². The molecule has 15 heavy (non-hydrogen) atoms. The van der Waals surface area contributed by atoms with Gasteiger partial charge in [-0.3, -0.25) is 0 Å². The van der Waals surface area contributed by atoms with Gasteiger partial charge in [-0.1, -0.05) is 17.7 Å². The number of benzene rings is 1. The molecule has 0 aromatic heterocycles. The third-order valence-electron chi connectivity index (χ3n) is 1.65. The SMILES string of the molecule is CC(C)Oc1cccc(Cl)c1OC(C)C. The zero-order chi connectivity index (χ0) is 11.4. The van der Waals surface area contributed by atoms with Crippen LogP contribution in [0, 0.1) is 0 Å². The fourth-order valence-corrected chi connectivity index (χ4v) is 1.40. The summed E-state index contributed by atoms with van der Waals surface area (Å²) < 4.78 is 11.2. The van der Waals surface area contributed by atoms with E-state index in [2.05, 4.69) is 0 Å². The molecule has 1 aromatic carbocycles. The monoisotopic (exact) mass is 228 g/mol. The first-order valence-electron chi connectivity index (χ1n) is 5.12. The lowest BCUT2D eigenvalue weighted by molar-refractivity contribution is 0.199. The molecule has 0 spiro atoms. The predicted molar refractivity (Wildman–Crippen MR) is 63.0 cm³/mol. The molecule has 0 fully saturated rings. The van der Waals surface area contributed by atoms with Crippen LogP contribution in [-0.4, -0.2) is 12.2 Å². The molecule has 1 rings (SSSR count). The second-order valence-corrected chi connectivity index (χ2v) is 4.31. The van der Waals surface area contributed by atoms with Gasteiger partial charge in [0, 0.05) is 0 Å². The molecule has 0 atom stereocenters. The molecule has 2 nitrogen and oxygen atoms in total. The lowest BCUT2D eigenvalue weighted by Gasteiger charge is -2.17. The Balaban J connectivity index is 2.97. The predicted octanol–water partition coefficient (Wildman–Crippen LogP) is 3.91. The average molecular weight is 229 g/mol. The second kappa shape index (κ2) is 5.26. The van der Waals surface area contributed by atoms with Crippen LogP contribution in [0.2, 0.25) is 5.02 Å². The van der Waals surface area contributed by atoms with Crippen LogP contribution in [0.1, 0.15) is 27.7 Å². The number of hydrogen-bond acceptors (Lipinski definition) is 2. The van der Waals surface area contributed by atoms with E-state index in [1.165, 1.54) is 0 Å². The Kier molecular flexibility index (Phi) is 4.28. The molecule has 0 unspecified atom stereocenters. The highest BCUT2D eigenvalue weighted by Gasteiger charge is 2.12. The number of ether oxygens (including phenoxy) is 2. The van der Waals surface area contributed by atoms with Crippen molar-refractivity contribution in [3.05, 3.63) is 23.2 Å². The van der Waals surface area contributed by atoms with E-state index in [-0.39, 0.29) is 12.2 Å². The van der Waals surface area contributed by atoms with Crippen LogP contribution in [0.4, 0.5) is 0 Å². The molecule has 3 heteroatoms. The Bertz CT molecular complexity index is 321. The quantitative estimate of drug-likeness (QED) is 0.778. The van der Waals surface area contributed by atoms with E-state index in [0.29, 0.717) is 16.5 Å². The summed E-state index contributed by atoms with van der Waals surface area (Å²) in [5.74, 6) is 1.33. The van der Waals surface area contributed by atoms with Crippen LogP contribution in [-0.2, 0) is 0 Å². The molecule has 84 valence electrons. The zero-order valence-electron chi connectivity index (χ0n) is 9.58. The molecule has 0 radical (unpaired) electrons. The lowest BCUT2D eigenvalue weighted by Crippen LogP contribution is -2.11. The minimum Gasteiger partial charge on any atom is -0.487 e. The van der Waals surface area contributed by atoms with Gasteiger partial charge in [0.1, 0.15) is 0 Å². The molecular weight excluding hydrogens is 212 g/mol. The van der Waals surface area contributed by atoms with E-state index in [1.807, 2.05) is 39.8 Å². The fourth-order valence-electron chi connectivity index (χ4n) is 1.19. The largest absolute Gasteiger partial charge is 0.487 e. The molecule has 0 aliphatic heterocycles. The van der Waals surface area contributed by atoms with E-state index < -0.39 is 0 Å². The Morgan fingerprint density at radius 1 is 1.00 bits per heavy atom. The van der Waals surface area contributed by atoms with E-state index in [9.17, 15) is 0 Å². The third-order valence-corrected chi connectivity index (χ3v) is 1.94. The van der Waals surface area contributed by atoms with Crippen molar-refractivity contribution in [2.24, 2.45) is 0 Å². The molecule has 0 amide bonds. The maximum absolute atomic E-state index is 6.05. The fraction of sp³-hybridized carbons (Fsp3) is 0.500. The Morgan fingerprint density at radius 2 is 1.60 bits per heavy atom. The second-order valence-electron chi connectivity index (χ2n) is 3.90. The molecule has 0 N–H and O–H groups in total. The maximum atomic E-state index is 6.05. The first-order chi connectivity index (χ1) is 7.00. The summed E-state index contributed by atoms with van der Waals surface area (Å²) in [7, 11) is 0. The van der Waals surface area contributed by atoms with Crippen LogP contribution in [0.5, 0.6) is 11.5 Å². The summed E-state index contributed by atoms with van der Waals surface area (Å²) in [6.45, 7) is 7.87. The third kappa shape index (κ3) is 3.63. The topological polar surface area (TPSA) is 18.5 Å². The van der Waals surface area contributed by atoms with Crippen LogP contribution >= 0.6 is 11.6 Å². The van der Waals surface area contributed by atoms with Crippen LogP contribution < -0.4 is 9.47 Å². The van der Waals surface area contributed by atoms with Gasteiger partial charge in [0.15, 0.2) is 11.5 Å². The normalized spacial score (nSPS) is 10.9. The molecule has 1 aromatic rings. The summed E-state index contributed by atoms with van der Waals surface area (Å²) >= 11 is 6.05. The standard InChI is InChI=1S/C12H17ClO2/c1-8(2)14-11-7-5-6-10(13)12(11)15-9(3)4/h5-9H,1-4H3. The maximum Gasteiger partial charge on any atom is 0.180 e. The van der Waals surface area contributed by atoms with E-state index in [4.69, 9.17) is 21.1 Å². The average Bonchev–Trinajstić information content (AvgIpc) is 2.09. The summed E-state index contributed by atoms with van der Waals surface area (Å²) in [4.78, 5) is 0. The number of hydrogen-bond donors (Lipinski definition) is 0. The molecule has 0 heterocycles.